The number of quaternary nitrogens is 1. The molecule has 1 nitrogen and oxygen atoms in total. The van der Waals surface area contributed by atoms with Gasteiger partial charge in [0.05, 0.1) is 26.2 Å². The first-order chi connectivity index (χ1) is 36.2. The van der Waals surface area contributed by atoms with Crippen LogP contribution in [0.25, 0.3) is 0 Å². The third-order valence-electron chi connectivity index (χ3n) is 17.9. The van der Waals surface area contributed by atoms with E-state index in [1.165, 1.54) is 442 Å². The number of rotatable bonds is 68. The Balaban J connectivity index is 0. The predicted molar refractivity (Wildman–Crippen MR) is 338 cm³/mol. The number of nitrogens with zero attached hydrogens (tertiary/aromatic N) is 1. The van der Waals surface area contributed by atoms with Crippen molar-refractivity contribution in [3.8, 4) is 0 Å². The molecule has 2 heteroatoms. The van der Waals surface area contributed by atoms with Crippen LogP contribution in [-0.2, 0) is 0 Å². The van der Waals surface area contributed by atoms with Gasteiger partial charge in [0.15, 0.2) is 0 Å². The van der Waals surface area contributed by atoms with E-state index < -0.39 is 0 Å². The lowest BCUT2D eigenvalue weighted by Crippen LogP contribution is -3.00. The highest BCUT2D eigenvalue weighted by Gasteiger charge is 2.26. The Morgan fingerprint density at radius 1 is 0.122 bits per heavy atom. The molecule has 0 radical (unpaired) electrons. The molecule has 0 aliphatic carbocycles. The molecular formula is C72H148FN. The summed E-state index contributed by atoms with van der Waals surface area (Å²) in [7, 11) is 0. The van der Waals surface area contributed by atoms with Crippen LogP contribution in [-0.4, -0.2) is 30.7 Å². The summed E-state index contributed by atoms with van der Waals surface area (Å²) in [4.78, 5) is 0. The Labute approximate surface area is 471 Å². The van der Waals surface area contributed by atoms with Crippen LogP contribution in [0.4, 0.5) is 0 Å². The number of hydrogen-bond acceptors (Lipinski definition) is 0. The number of hydrogen-bond donors (Lipinski definition) is 0. The normalized spacial score (nSPS) is 11.8. The average molecular weight is 1050 g/mol. The fourth-order valence-electron chi connectivity index (χ4n) is 12.7. The van der Waals surface area contributed by atoms with E-state index >= 15 is 0 Å². The van der Waals surface area contributed by atoms with Crippen LogP contribution in [0.2, 0.25) is 0 Å². The fourth-order valence-corrected chi connectivity index (χ4v) is 12.7. The summed E-state index contributed by atoms with van der Waals surface area (Å²) in [5.74, 6) is 0. The third kappa shape index (κ3) is 62.7. The smallest absolute Gasteiger partial charge is 0.0786 e. The molecule has 74 heavy (non-hydrogen) atoms. The van der Waals surface area contributed by atoms with Gasteiger partial charge in [0.2, 0.25) is 0 Å². The van der Waals surface area contributed by atoms with Gasteiger partial charge in [-0.1, -0.05) is 387 Å². The van der Waals surface area contributed by atoms with Gasteiger partial charge >= 0.3 is 0 Å². The van der Waals surface area contributed by atoms with Crippen molar-refractivity contribution in [3.05, 3.63) is 0 Å². The summed E-state index contributed by atoms with van der Waals surface area (Å²) in [5, 5.41) is 0. The molecule has 448 valence electrons. The lowest BCUT2D eigenvalue weighted by Gasteiger charge is -2.40. The first-order valence-corrected chi connectivity index (χ1v) is 36.1. The summed E-state index contributed by atoms with van der Waals surface area (Å²) in [5.41, 5.74) is 0. The molecule has 0 amide bonds. The molecule has 0 rings (SSSR count). The van der Waals surface area contributed by atoms with Crippen molar-refractivity contribution in [2.45, 2.75) is 439 Å². The molecule has 0 N–H and O–H groups in total. The Bertz CT molecular complexity index is 783. The van der Waals surface area contributed by atoms with Crippen LogP contribution in [0.1, 0.15) is 439 Å². The highest BCUT2D eigenvalue weighted by Crippen LogP contribution is 2.23. The fraction of sp³-hybridized carbons (Fsp3) is 1.00. The van der Waals surface area contributed by atoms with Gasteiger partial charge in [-0.15, -0.1) is 0 Å². The molecule has 0 aliphatic heterocycles. The summed E-state index contributed by atoms with van der Waals surface area (Å²) in [6, 6.07) is 0. The largest absolute Gasteiger partial charge is 1.00 e. The lowest BCUT2D eigenvalue weighted by atomic mass is 10.0. The average Bonchev–Trinajstić information content (AvgIpc) is 3.40. The van der Waals surface area contributed by atoms with E-state index in [1.807, 2.05) is 0 Å². The van der Waals surface area contributed by atoms with E-state index in [0.717, 1.165) is 0 Å². The van der Waals surface area contributed by atoms with Crippen LogP contribution in [0, 0.1) is 0 Å². The van der Waals surface area contributed by atoms with Gasteiger partial charge in [-0.3, -0.25) is 0 Å². The van der Waals surface area contributed by atoms with Gasteiger partial charge < -0.3 is 9.19 Å². The molecule has 0 unspecified atom stereocenters. The molecule has 0 aliphatic rings. The van der Waals surface area contributed by atoms with Crippen molar-refractivity contribution in [3.63, 3.8) is 0 Å². The Morgan fingerprint density at radius 2 is 0.203 bits per heavy atom. The third-order valence-corrected chi connectivity index (χ3v) is 17.9. The van der Waals surface area contributed by atoms with E-state index in [4.69, 9.17) is 0 Å². The molecule has 0 aromatic heterocycles. The Morgan fingerprint density at radius 3 is 0.297 bits per heavy atom. The van der Waals surface area contributed by atoms with Crippen LogP contribution in [0.5, 0.6) is 0 Å². The van der Waals surface area contributed by atoms with Gasteiger partial charge in [0.25, 0.3) is 0 Å². The summed E-state index contributed by atoms with van der Waals surface area (Å²) in [6.45, 7) is 15.3. The minimum atomic E-state index is 0. The van der Waals surface area contributed by atoms with Crippen molar-refractivity contribution >= 4 is 0 Å². The summed E-state index contributed by atoms with van der Waals surface area (Å²) in [6.07, 6.45) is 94.7. The molecular weight excluding hydrogens is 898 g/mol. The van der Waals surface area contributed by atoms with Crippen molar-refractivity contribution < 1.29 is 9.19 Å². The maximum Gasteiger partial charge on any atom is 0.0786 e. The van der Waals surface area contributed by atoms with Gasteiger partial charge in [-0.2, -0.15) is 0 Å². The zero-order valence-electron chi connectivity index (χ0n) is 52.9. The van der Waals surface area contributed by atoms with Crippen LogP contribution < -0.4 is 4.70 Å². The second kappa shape index (κ2) is 69.0. The van der Waals surface area contributed by atoms with E-state index in [2.05, 4.69) is 27.7 Å². The molecule has 0 spiro atoms. The van der Waals surface area contributed by atoms with Crippen molar-refractivity contribution in [2.24, 2.45) is 0 Å². The second-order valence-electron chi connectivity index (χ2n) is 25.4. The lowest BCUT2D eigenvalue weighted by molar-refractivity contribution is -0.929. The molecule has 0 saturated carbocycles. The van der Waals surface area contributed by atoms with Gasteiger partial charge in [-0.05, 0) is 51.4 Å². The molecule has 0 fully saturated rings. The second-order valence-corrected chi connectivity index (χ2v) is 25.4. The van der Waals surface area contributed by atoms with E-state index in [-0.39, 0.29) is 4.70 Å². The van der Waals surface area contributed by atoms with Gasteiger partial charge in [-0.25, -0.2) is 0 Å². The highest BCUT2D eigenvalue weighted by molar-refractivity contribution is 4.58. The van der Waals surface area contributed by atoms with Crippen molar-refractivity contribution in [2.75, 3.05) is 26.2 Å². The monoisotopic (exact) mass is 1050 g/mol. The SMILES string of the molecule is CCCCCCCCCCCCCCCCCC[N+](CCCCCCCCCCCCCCCCCC)(CCCCCCCCCCCCCCCCCC)CCCCCCCCCCCCCCCCCC.[F-]. The van der Waals surface area contributed by atoms with E-state index in [9.17, 15) is 0 Å². The zero-order chi connectivity index (χ0) is 52.6. The van der Waals surface area contributed by atoms with Gasteiger partial charge in [0, 0.05) is 0 Å². The minimum Gasteiger partial charge on any atom is -1.00 e. The maximum atomic E-state index is 2.33. The van der Waals surface area contributed by atoms with Crippen molar-refractivity contribution in [1.82, 2.24) is 0 Å². The van der Waals surface area contributed by atoms with E-state index in [1.54, 1.807) is 0 Å². The van der Waals surface area contributed by atoms with Crippen molar-refractivity contribution in [1.29, 1.82) is 0 Å². The molecule has 0 aromatic rings. The minimum absolute atomic E-state index is 0. The van der Waals surface area contributed by atoms with Crippen LogP contribution in [0.3, 0.4) is 0 Å². The van der Waals surface area contributed by atoms with Gasteiger partial charge in [0.1, 0.15) is 0 Å². The summed E-state index contributed by atoms with van der Waals surface area (Å²) >= 11 is 0. The highest BCUT2D eigenvalue weighted by atomic mass is 19.0. The summed E-state index contributed by atoms with van der Waals surface area (Å²) < 4.78 is 1.49. The zero-order valence-corrected chi connectivity index (χ0v) is 52.9. The Kier molecular flexibility index (Phi) is 70.8. The maximum absolute atomic E-state index is 2.33. The molecule has 0 atom stereocenters. The first-order valence-electron chi connectivity index (χ1n) is 36.1. The molecule has 0 heterocycles. The van der Waals surface area contributed by atoms with Crippen LogP contribution >= 0.6 is 0 Å². The number of halogens is 1. The predicted octanol–water partition coefficient (Wildman–Crippen LogP) is 23.9. The first kappa shape index (κ1) is 76.0. The topological polar surface area (TPSA) is 0 Å². The molecule has 0 saturated heterocycles. The number of unbranched alkanes of at least 4 members (excludes halogenated alkanes) is 60. The molecule has 0 bridgehead atoms. The quantitative estimate of drug-likeness (QED) is 0.0421. The standard InChI is InChI=1S/C72H148N.FH/c1-5-9-13-17-21-25-29-33-37-41-45-49-53-57-61-65-69-73(70-66-62-58-54-50-46-42-38-34-30-26-22-18-14-10-6-2,71-67-63-59-55-51-47-43-39-35-31-27-23-19-15-11-7-3)72-68-64-60-56-52-48-44-40-36-32-28-24-20-16-12-8-4;/h5-72H2,1-4H3;1H/q+1;/p-1. The molecule has 0 aromatic carbocycles. The van der Waals surface area contributed by atoms with E-state index in [0.29, 0.717) is 0 Å². The van der Waals surface area contributed by atoms with Crippen LogP contribution in [0.15, 0.2) is 0 Å². The Hall–Kier alpha value is -0.110.